The van der Waals surface area contributed by atoms with Gasteiger partial charge in [-0.15, -0.1) is 0 Å². The smallest absolute Gasteiger partial charge is 0.255 e. The Kier molecular flexibility index (Phi) is 14.5. The zero-order chi connectivity index (χ0) is 16.0. The Morgan fingerprint density at radius 3 is 1.90 bits per heavy atom. The van der Waals surface area contributed by atoms with Crippen LogP contribution in [0.5, 0.6) is 0 Å². The molecule has 0 aliphatic heterocycles. The van der Waals surface area contributed by atoms with Crippen molar-refractivity contribution in [1.29, 1.82) is 0 Å². The van der Waals surface area contributed by atoms with Crippen LogP contribution in [0.1, 0.15) is 58.3 Å². The Labute approximate surface area is 125 Å². The molecular weight excluding hydrogens is 248 g/mol. The molecule has 1 rings (SSSR count). The fourth-order valence-corrected chi connectivity index (χ4v) is 1.57. The summed E-state index contributed by atoms with van der Waals surface area (Å²) in [4.78, 5) is 13.9. The number of para-hydroxylation sites is 1. The van der Waals surface area contributed by atoms with E-state index in [0.717, 1.165) is 24.3 Å². The normalized spacial score (nSPS) is 8.55. The number of nitrogens with one attached hydrogen (secondary N) is 1. The van der Waals surface area contributed by atoms with Crippen LogP contribution < -0.4 is 5.32 Å². The van der Waals surface area contributed by atoms with Gasteiger partial charge < -0.3 is 10.2 Å². The maximum atomic E-state index is 12.1. The largest absolute Gasteiger partial charge is 0.387 e. The summed E-state index contributed by atoms with van der Waals surface area (Å²) in [6, 6.07) is 7.58. The van der Waals surface area contributed by atoms with Gasteiger partial charge in [0.2, 0.25) is 0 Å². The molecule has 0 aliphatic rings. The number of carbonyl (C=O) groups excluding carboxylic acids is 1. The fraction of sp³-hybridized carbons (Fsp3) is 0.588. The van der Waals surface area contributed by atoms with E-state index in [2.05, 4.69) is 19.2 Å². The number of hydrogen-bond acceptors (Lipinski definition) is 2. The number of anilines is 1. The minimum atomic E-state index is 0.0879. The predicted octanol–water partition coefficient (Wildman–Crippen LogP) is 4.65. The van der Waals surface area contributed by atoms with Gasteiger partial charge in [-0.3, -0.25) is 4.79 Å². The Hall–Kier alpha value is -1.51. The molecule has 20 heavy (non-hydrogen) atoms. The number of carbonyl (C=O) groups is 1. The van der Waals surface area contributed by atoms with Crippen molar-refractivity contribution in [2.24, 2.45) is 0 Å². The van der Waals surface area contributed by atoms with E-state index in [1.165, 1.54) is 6.42 Å². The van der Waals surface area contributed by atoms with Gasteiger partial charge in [0.25, 0.3) is 5.91 Å². The first kappa shape index (κ1) is 20.8. The zero-order valence-electron chi connectivity index (χ0n) is 14.3. The molecule has 0 fully saturated rings. The molecule has 0 bridgehead atoms. The molecule has 1 N–H and O–H groups in total. The summed E-state index contributed by atoms with van der Waals surface area (Å²) in [6.07, 6.45) is 1.25. The summed E-state index contributed by atoms with van der Waals surface area (Å²) >= 11 is 0. The third-order valence-electron chi connectivity index (χ3n) is 2.48. The van der Waals surface area contributed by atoms with Crippen LogP contribution in [-0.4, -0.2) is 30.9 Å². The SMILES string of the molecule is CC.CCC.CCN(CC)C(=O)c1ccccc1NC. The molecule has 0 aliphatic carbocycles. The number of rotatable bonds is 4. The van der Waals surface area contributed by atoms with Crippen molar-refractivity contribution in [1.82, 2.24) is 4.90 Å². The highest BCUT2D eigenvalue weighted by Crippen LogP contribution is 2.16. The molecule has 3 heteroatoms. The van der Waals surface area contributed by atoms with Crippen LogP contribution in [0.3, 0.4) is 0 Å². The molecule has 0 radical (unpaired) electrons. The first-order valence-corrected chi connectivity index (χ1v) is 7.72. The van der Waals surface area contributed by atoms with Gasteiger partial charge >= 0.3 is 0 Å². The van der Waals surface area contributed by atoms with E-state index in [4.69, 9.17) is 0 Å². The van der Waals surface area contributed by atoms with Gasteiger partial charge in [0, 0.05) is 25.8 Å². The lowest BCUT2D eigenvalue weighted by molar-refractivity contribution is 0.0774. The second-order valence-corrected chi connectivity index (χ2v) is 3.98. The van der Waals surface area contributed by atoms with Crippen molar-refractivity contribution in [2.45, 2.75) is 48.0 Å². The first-order valence-electron chi connectivity index (χ1n) is 7.72. The third-order valence-corrected chi connectivity index (χ3v) is 2.48. The van der Waals surface area contributed by atoms with Crippen molar-refractivity contribution in [3.63, 3.8) is 0 Å². The quantitative estimate of drug-likeness (QED) is 0.870. The minimum Gasteiger partial charge on any atom is -0.387 e. The van der Waals surface area contributed by atoms with E-state index in [-0.39, 0.29) is 5.91 Å². The first-order chi connectivity index (χ1) is 9.65. The fourth-order valence-electron chi connectivity index (χ4n) is 1.57. The van der Waals surface area contributed by atoms with Crippen LogP contribution in [0.15, 0.2) is 24.3 Å². The van der Waals surface area contributed by atoms with Crippen LogP contribution >= 0.6 is 0 Å². The van der Waals surface area contributed by atoms with Crippen molar-refractivity contribution >= 4 is 11.6 Å². The van der Waals surface area contributed by atoms with Gasteiger partial charge in [0.05, 0.1) is 5.56 Å². The number of hydrogen-bond donors (Lipinski definition) is 1. The van der Waals surface area contributed by atoms with Crippen LogP contribution in [-0.2, 0) is 0 Å². The molecule has 116 valence electrons. The molecule has 1 aromatic rings. The van der Waals surface area contributed by atoms with Crippen molar-refractivity contribution < 1.29 is 4.79 Å². The Bertz CT molecular complexity index is 347. The van der Waals surface area contributed by atoms with Crippen LogP contribution in [0.4, 0.5) is 5.69 Å². The lowest BCUT2D eigenvalue weighted by atomic mass is 10.1. The standard InChI is InChI=1S/C12H18N2O.C3H8.C2H6/c1-4-14(5-2)12(15)10-8-6-7-9-11(10)13-3;1-3-2;1-2/h6-9,13H,4-5H2,1-3H3;3H2,1-2H3;1-2H3. The summed E-state index contributed by atoms with van der Waals surface area (Å²) in [5.41, 5.74) is 1.62. The molecule has 0 atom stereocenters. The third kappa shape index (κ3) is 7.17. The van der Waals surface area contributed by atoms with Crippen molar-refractivity contribution in [3.8, 4) is 0 Å². The van der Waals surface area contributed by atoms with E-state index in [9.17, 15) is 4.79 Å². The van der Waals surface area contributed by atoms with Crippen molar-refractivity contribution in [2.75, 3.05) is 25.5 Å². The van der Waals surface area contributed by atoms with E-state index < -0.39 is 0 Å². The minimum absolute atomic E-state index is 0.0879. The topological polar surface area (TPSA) is 32.3 Å². The van der Waals surface area contributed by atoms with Gasteiger partial charge in [-0.05, 0) is 26.0 Å². The van der Waals surface area contributed by atoms with Crippen LogP contribution in [0.2, 0.25) is 0 Å². The predicted molar refractivity (Wildman–Crippen MR) is 90.6 cm³/mol. The average Bonchev–Trinajstić information content (AvgIpc) is 2.51. The van der Waals surface area contributed by atoms with Gasteiger partial charge in [-0.25, -0.2) is 0 Å². The Morgan fingerprint density at radius 2 is 1.50 bits per heavy atom. The monoisotopic (exact) mass is 280 g/mol. The molecule has 0 saturated carbocycles. The van der Waals surface area contributed by atoms with Crippen LogP contribution in [0, 0.1) is 0 Å². The van der Waals surface area contributed by atoms with E-state index in [0.29, 0.717) is 0 Å². The van der Waals surface area contributed by atoms with Crippen molar-refractivity contribution in [3.05, 3.63) is 29.8 Å². The van der Waals surface area contributed by atoms with Gasteiger partial charge in [-0.1, -0.05) is 46.2 Å². The highest BCUT2D eigenvalue weighted by molar-refractivity contribution is 5.99. The average molecular weight is 280 g/mol. The Morgan fingerprint density at radius 1 is 1.05 bits per heavy atom. The van der Waals surface area contributed by atoms with E-state index in [1.54, 1.807) is 0 Å². The number of benzene rings is 1. The molecule has 0 heterocycles. The second kappa shape index (κ2) is 13.9. The number of nitrogens with zero attached hydrogens (tertiary/aromatic N) is 1. The van der Waals surface area contributed by atoms with Gasteiger partial charge in [0.1, 0.15) is 0 Å². The zero-order valence-corrected chi connectivity index (χ0v) is 14.3. The highest BCUT2D eigenvalue weighted by Gasteiger charge is 2.14. The highest BCUT2D eigenvalue weighted by atomic mass is 16.2. The molecule has 0 saturated heterocycles. The lowest BCUT2D eigenvalue weighted by Gasteiger charge is -2.20. The van der Waals surface area contributed by atoms with E-state index >= 15 is 0 Å². The summed E-state index contributed by atoms with van der Waals surface area (Å²) in [5, 5.41) is 3.03. The molecule has 0 aromatic heterocycles. The molecule has 1 aromatic carbocycles. The van der Waals surface area contributed by atoms with Gasteiger partial charge in [-0.2, -0.15) is 0 Å². The Balaban J connectivity index is 0. The summed E-state index contributed by atoms with van der Waals surface area (Å²) in [6.45, 7) is 13.7. The second-order valence-electron chi connectivity index (χ2n) is 3.98. The number of amides is 1. The summed E-state index contributed by atoms with van der Waals surface area (Å²) < 4.78 is 0. The molecule has 3 nitrogen and oxygen atoms in total. The molecule has 0 unspecified atom stereocenters. The lowest BCUT2D eigenvalue weighted by Crippen LogP contribution is -2.30. The maximum Gasteiger partial charge on any atom is 0.255 e. The summed E-state index contributed by atoms with van der Waals surface area (Å²) in [7, 11) is 1.83. The van der Waals surface area contributed by atoms with E-state index in [1.807, 2.05) is 63.9 Å². The van der Waals surface area contributed by atoms with Gasteiger partial charge in [0.15, 0.2) is 0 Å². The maximum absolute atomic E-state index is 12.1. The molecule has 1 amide bonds. The summed E-state index contributed by atoms with van der Waals surface area (Å²) in [5.74, 6) is 0.0879. The molecular formula is C17H32N2O. The molecule has 0 spiro atoms. The van der Waals surface area contributed by atoms with Crippen LogP contribution in [0.25, 0.3) is 0 Å².